The monoisotopic (exact) mass is 747 g/mol. The van der Waals surface area contributed by atoms with Gasteiger partial charge in [0.1, 0.15) is 5.75 Å². The van der Waals surface area contributed by atoms with Gasteiger partial charge in [0.25, 0.3) is 8.32 Å². The van der Waals surface area contributed by atoms with E-state index < -0.39 is 22.7 Å². The van der Waals surface area contributed by atoms with Crippen molar-refractivity contribution < 1.29 is 28.2 Å². The van der Waals surface area contributed by atoms with Gasteiger partial charge in [0.2, 0.25) is 0 Å². The van der Waals surface area contributed by atoms with Crippen molar-refractivity contribution in [3.05, 3.63) is 28.3 Å². The molecule has 0 amide bonds. The van der Waals surface area contributed by atoms with Crippen molar-refractivity contribution in [3.63, 3.8) is 0 Å². The summed E-state index contributed by atoms with van der Waals surface area (Å²) in [5, 5.41) is 12.1. The van der Waals surface area contributed by atoms with Gasteiger partial charge in [0, 0.05) is 34.9 Å². The van der Waals surface area contributed by atoms with Gasteiger partial charge in [0.05, 0.1) is 38.6 Å². The fraction of sp³-hybridized carbons (Fsp3) is 0.814. The van der Waals surface area contributed by atoms with E-state index in [9.17, 15) is 5.11 Å². The molecule has 8 heteroatoms. The fourth-order valence-electron chi connectivity index (χ4n) is 8.01. The molecule has 1 N–H and O–H groups in total. The van der Waals surface area contributed by atoms with Crippen LogP contribution in [0.2, 0.25) is 36.3 Å². The normalized spacial score (nSPS) is 31.7. The zero-order valence-corrected chi connectivity index (χ0v) is 38.3. The van der Waals surface area contributed by atoms with Crippen LogP contribution in [0.15, 0.2) is 11.6 Å². The van der Waals surface area contributed by atoms with Gasteiger partial charge >= 0.3 is 0 Å². The Morgan fingerprint density at radius 1 is 0.765 bits per heavy atom. The average molecular weight is 747 g/mol. The minimum absolute atomic E-state index is 0.0102. The summed E-state index contributed by atoms with van der Waals surface area (Å²) in [6.45, 7) is 39.0. The van der Waals surface area contributed by atoms with Crippen LogP contribution in [0.4, 0.5) is 0 Å². The largest absolute Gasteiger partial charge is 0.541 e. The van der Waals surface area contributed by atoms with Gasteiger partial charge in [-0.25, -0.2) is 0 Å². The van der Waals surface area contributed by atoms with Gasteiger partial charge in [-0.3, -0.25) is 0 Å². The van der Waals surface area contributed by atoms with E-state index in [0.717, 1.165) is 53.9 Å². The SMILES string of the molecule is COc1c(C)c(OC)c(O[Si](C)(C)C(C)(C)C)c2c1C[C@H](O)[C@@H](C)C[C@H](C)C/C(C)=C/[C@@H](C)CC[C@H]1O[C@@H]2[C@H](C)C(O[Si](C)(C)C(C)(C)C)[C@H]1C. The molecule has 2 bridgehead atoms. The maximum absolute atomic E-state index is 12.1. The predicted molar refractivity (Wildman–Crippen MR) is 220 cm³/mol. The second-order valence-corrected chi connectivity index (χ2v) is 29.3. The smallest absolute Gasteiger partial charge is 0.250 e. The molecule has 1 fully saturated rings. The highest BCUT2D eigenvalue weighted by atomic mass is 28.4. The lowest BCUT2D eigenvalue weighted by Crippen LogP contribution is -2.53. The molecule has 0 spiro atoms. The average Bonchev–Trinajstić information content (AvgIpc) is 2.97. The van der Waals surface area contributed by atoms with Crippen LogP contribution in [0.25, 0.3) is 0 Å². The van der Waals surface area contributed by atoms with E-state index in [1.165, 1.54) is 5.57 Å². The quantitative estimate of drug-likeness (QED) is 0.231. The van der Waals surface area contributed by atoms with Gasteiger partial charge in [-0.15, -0.1) is 0 Å². The van der Waals surface area contributed by atoms with Crippen LogP contribution in [-0.2, 0) is 15.6 Å². The molecular weight excluding hydrogens is 669 g/mol. The number of aliphatic hydroxyl groups excluding tert-OH is 1. The van der Waals surface area contributed by atoms with Crippen molar-refractivity contribution in [2.24, 2.45) is 29.6 Å². The molecule has 0 aliphatic carbocycles. The molecule has 51 heavy (non-hydrogen) atoms. The van der Waals surface area contributed by atoms with E-state index >= 15 is 0 Å². The lowest BCUT2D eigenvalue weighted by molar-refractivity contribution is -0.165. The Hall–Kier alpha value is -1.33. The van der Waals surface area contributed by atoms with Gasteiger partial charge in [0.15, 0.2) is 19.8 Å². The molecule has 9 atom stereocenters. The summed E-state index contributed by atoms with van der Waals surface area (Å²) >= 11 is 0. The highest BCUT2D eigenvalue weighted by Crippen LogP contribution is 2.55. The summed E-state index contributed by atoms with van der Waals surface area (Å²) in [6.07, 6.45) is 5.94. The number of hydrogen-bond donors (Lipinski definition) is 1. The summed E-state index contributed by atoms with van der Waals surface area (Å²) in [6, 6.07) is 0. The van der Waals surface area contributed by atoms with Crippen LogP contribution >= 0.6 is 0 Å². The third-order valence-electron chi connectivity index (χ3n) is 13.2. The molecule has 2 aliphatic heterocycles. The fourth-order valence-corrected chi connectivity index (χ4v) is 10.5. The number of aliphatic hydroxyl groups is 1. The highest BCUT2D eigenvalue weighted by Gasteiger charge is 2.50. The summed E-state index contributed by atoms with van der Waals surface area (Å²) < 4.78 is 34.9. The number of allylic oxidation sites excluding steroid dienone is 2. The molecule has 0 saturated carbocycles. The summed E-state index contributed by atoms with van der Waals surface area (Å²) in [7, 11) is -1.07. The first kappa shape index (κ1) is 44.1. The molecule has 1 saturated heterocycles. The minimum atomic E-state index is -2.38. The second-order valence-electron chi connectivity index (χ2n) is 19.8. The van der Waals surface area contributed by atoms with Crippen molar-refractivity contribution in [1.82, 2.24) is 0 Å². The van der Waals surface area contributed by atoms with E-state index in [4.69, 9.17) is 23.1 Å². The topological polar surface area (TPSA) is 66.4 Å². The minimum Gasteiger partial charge on any atom is -0.541 e. The van der Waals surface area contributed by atoms with E-state index in [1.54, 1.807) is 14.2 Å². The summed E-state index contributed by atoms with van der Waals surface area (Å²) in [4.78, 5) is 0. The molecule has 0 radical (unpaired) electrons. The lowest BCUT2D eigenvalue weighted by atomic mass is 9.76. The molecule has 1 aromatic carbocycles. The van der Waals surface area contributed by atoms with Gasteiger partial charge in [-0.2, -0.15) is 0 Å². The van der Waals surface area contributed by atoms with Crippen molar-refractivity contribution in [1.29, 1.82) is 0 Å². The number of benzene rings is 1. The van der Waals surface area contributed by atoms with Crippen LogP contribution in [0.1, 0.15) is 132 Å². The standard InChI is InChI=1S/C43H78O6Si2/c1-26-20-21-35-30(5)37(48-50(16,17)42(8,9)10)31(6)39(47-35)36-33(25-34(44)29(4)24-28(3)23-27(2)22-26)38(45-14)32(7)40(46-15)41(36)49-51(18,19)43(11,12)13/h22,26,28-31,34-35,37,39,44H,20-21,23-25H2,1-19H3/b27-22+/t26-,28+,29-,30-,31+,34-,35+,37?,39+/m0/s1. The molecule has 6 nitrogen and oxygen atoms in total. The third kappa shape index (κ3) is 9.87. The predicted octanol–water partition coefficient (Wildman–Crippen LogP) is 11.8. The molecule has 3 rings (SSSR count). The summed E-state index contributed by atoms with van der Waals surface area (Å²) in [5.41, 5.74) is 4.29. The number of fused-ring (bicyclic) bond motifs is 4. The first-order valence-corrected chi connectivity index (χ1v) is 25.7. The first-order valence-electron chi connectivity index (χ1n) is 19.9. The Morgan fingerprint density at radius 2 is 1.33 bits per heavy atom. The molecule has 2 aliphatic rings. The second kappa shape index (κ2) is 16.6. The van der Waals surface area contributed by atoms with Crippen molar-refractivity contribution in [2.75, 3.05) is 14.2 Å². The van der Waals surface area contributed by atoms with Crippen molar-refractivity contribution in [2.45, 2.75) is 183 Å². The van der Waals surface area contributed by atoms with Crippen LogP contribution in [0, 0.1) is 36.5 Å². The van der Waals surface area contributed by atoms with Crippen LogP contribution in [0.5, 0.6) is 17.2 Å². The summed E-state index contributed by atoms with van der Waals surface area (Å²) in [5.74, 6) is 3.43. The Bertz CT molecular complexity index is 1360. The Kier molecular flexibility index (Phi) is 14.3. The van der Waals surface area contributed by atoms with E-state index in [-0.39, 0.29) is 46.1 Å². The van der Waals surface area contributed by atoms with E-state index in [1.807, 2.05) is 0 Å². The van der Waals surface area contributed by atoms with Crippen molar-refractivity contribution >= 4 is 16.6 Å². The van der Waals surface area contributed by atoms with Crippen LogP contribution in [0.3, 0.4) is 0 Å². The number of hydrogen-bond acceptors (Lipinski definition) is 6. The zero-order valence-electron chi connectivity index (χ0n) is 36.3. The molecular formula is C43H78O6Si2. The molecule has 2 heterocycles. The number of methoxy groups -OCH3 is 2. The van der Waals surface area contributed by atoms with Gasteiger partial charge < -0.3 is 28.2 Å². The molecule has 0 aromatic heterocycles. The maximum atomic E-state index is 12.1. The van der Waals surface area contributed by atoms with Crippen LogP contribution < -0.4 is 13.9 Å². The Labute approximate surface area is 316 Å². The Balaban J connectivity index is 2.45. The highest BCUT2D eigenvalue weighted by molar-refractivity contribution is 6.75. The van der Waals surface area contributed by atoms with E-state index in [0.29, 0.717) is 24.0 Å². The van der Waals surface area contributed by atoms with Gasteiger partial charge in [-0.1, -0.05) is 87.8 Å². The molecule has 1 aromatic rings. The maximum Gasteiger partial charge on any atom is 0.250 e. The van der Waals surface area contributed by atoms with Crippen molar-refractivity contribution in [3.8, 4) is 17.2 Å². The third-order valence-corrected chi connectivity index (χ3v) is 22.0. The lowest BCUT2D eigenvalue weighted by Gasteiger charge is -2.50. The number of rotatable bonds is 6. The molecule has 1 unspecified atom stereocenters. The first-order chi connectivity index (χ1) is 23.3. The Morgan fingerprint density at radius 3 is 1.86 bits per heavy atom. The van der Waals surface area contributed by atoms with Gasteiger partial charge in [-0.05, 0) is 93.5 Å². The number of ether oxygens (including phenoxy) is 3. The van der Waals surface area contributed by atoms with E-state index in [2.05, 4.69) is 122 Å². The van der Waals surface area contributed by atoms with Crippen LogP contribution in [-0.4, -0.2) is 54.3 Å². The molecule has 294 valence electrons. The zero-order chi connectivity index (χ0) is 39.0.